The molecule has 0 heterocycles. The van der Waals surface area contributed by atoms with Crippen molar-refractivity contribution in [3.8, 4) is 0 Å². The van der Waals surface area contributed by atoms with Crippen LogP contribution in [0.25, 0.3) is 6.08 Å². The van der Waals surface area contributed by atoms with Crippen molar-refractivity contribution >= 4 is 18.0 Å². The summed E-state index contributed by atoms with van der Waals surface area (Å²) in [4.78, 5) is 10.1. The van der Waals surface area contributed by atoms with Gasteiger partial charge in [0.2, 0.25) is 0 Å². The number of rotatable bonds is 2. The molecule has 0 spiro atoms. The highest BCUT2D eigenvalue weighted by molar-refractivity contribution is 5.85. The smallest absolute Gasteiger partial charge is 0.328 e. The van der Waals surface area contributed by atoms with Crippen molar-refractivity contribution in [2.24, 2.45) is 11.5 Å². The molecule has 0 fully saturated rings. The summed E-state index contributed by atoms with van der Waals surface area (Å²) >= 11 is 0. The summed E-state index contributed by atoms with van der Waals surface area (Å²) in [5.41, 5.74) is 9.84. The zero-order valence-corrected chi connectivity index (χ0v) is 8.05. The van der Waals surface area contributed by atoms with E-state index in [9.17, 15) is 4.79 Å². The summed E-state index contributed by atoms with van der Waals surface area (Å²) in [6, 6.07) is 9.31. The minimum absolute atomic E-state index is 0.333. The summed E-state index contributed by atoms with van der Waals surface area (Å²) < 4.78 is 0. The lowest BCUT2D eigenvalue weighted by Gasteiger charge is -1.87. The monoisotopic (exact) mass is 207 g/mol. The Morgan fingerprint density at radius 2 is 1.73 bits per heavy atom. The Kier molecular flexibility index (Phi) is 6.04. The summed E-state index contributed by atoms with van der Waals surface area (Å²) in [5.74, 6) is -1.26. The van der Waals surface area contributed by atoms with Gasteiger partial charge >= 0.3 is 5.97 Å². The fraction of sp³-hybridized carbons (Fsp3) is 0. The Morgan fingerprint density at radius 3 is 2.13 bits per heavy atom. The number of carbonyl (C=O) groups is 1. The topological polar surface area (TPSA) is 113 Å². The molecule has 0 saturated carbocycles. The Balaban J connectivity index is 0.000000423. The van der Waals surface area contributed by atoms with Crippen LogP contribution in [-0.2, 0) is 4.79 Å². The zero-order valence-electron chi connectivity index (χ0n) is 8.05. The van der Waals surface area contributed by atoms with Crippen LogP contribution in [0.15, 0.2) is 36.4 Å². The quantitative estimate of drug-likeness (QED) is 0.323. The van der Waals surface area contributed by atoms with Crippen molar-refractivity contribution in [1.82, 2.24) is 0 Å². The van der Waals surface area contributed by atoms with Gasteiger partial charge in [0.25, 0.3) is 0 Å². The summed E-state index contributed by atoms with van der Waals surface area (Å²) in [5, 5.41) is 14.3. The molecule has 5 nitrogen and oxygen atoms in total. The van der Waals surface area contributed by atoms with Gasteiger partial charge in [-0.3, -0.25) is 5.41 Å². The second-order valence-electron chi connectivity index (χ2n) is 2.54. The summed E-state index contributed by atoms with van der Waals surface area (Å²) in [7, 11) is 0. The third kappa shape index (κ3) is 9.62. The minimum atomic E-state index is -0.922. The van der Waals surface area contributed by atoms with Gasteiger partial charge in [-0.2, -0.15) is 0 Å². The molecule has 0 aliphatic rings. The van der Waals surface area contributed by atoms with Crippen molar-refractivity contribution in [1.29, 1.82) is 5.41 Å². The number of nitrogens with two attached hydrogens (primary N) is 2. The Morgan fingerprint density at radius 1 is 1.27 bits per heavy atom. The van der Waals surface area contributed by atoms with Crippen LogP contribution in [0.1, 0.15) is 5.56 Å². The zero-order chi connectivity index (χ0) is 11.7. The summed E-state index contributed by atoms with van der Waals surface area (Å²) in [6.07, 6.45) is 2.68. The van der Waals surface area contributed by atoms with Crippen LogP contribution in [-0.4, -0.2) is 17.0 Å². The molecule has 0 radical (unpaired) electrons. The Bertz CT molecular complexity index is 343. The maximum absolute atomic E-state index is 10.1. The van der Waals surface area contributed by atoms with Crippen molar-refractivity contribution < 1.29 is 9.90 Å². The lowest BCUT2D eigenvalue weighted by molar-refractivity contribution is -0.131. The van der Waals surface area contributed by atoms with E-state index in [-0.39, 0.29) is 5.96 Å². The van der Waals surface area contributed by atoms with E-state index in [1.165, 1.54) is 0 Å². The molecule has 0 amide bonds. The molecule has 0 aromatic heterocycles. The molecular formula is C10H13N3O2. The average molecular weight is 207 g/mol. The van der Waals surface area contributed by atoms with Gasteiger partial charge in [0.15, 0.2) is 5.96 Å². The third-order valence-corrected chi connectivity index (χ3v) is 1.22. The molecule has 1 aromatic carbocycles. The molecule has 0 atom stereocenters. The Labute approximate surface area is 87.5 Å². The highest BCUT2D eigenvalue weighted by Crippen LogP contribution is 1.99. The van der Waals surface area contributed by atoms with Gasteiger partial charge in [0, 0.05) is 6.08 Å². The van der Waals surface area contributed by atoms with Gasteiger partial charge in [-0.25, -0.2) is 4.79 Å². The summed E-state index contributed by atoms with van der Waals surface area (Å²) in [6.45, 7) is 0. The van der Waals surface area contributed by atoms with Crippen LogP contribution in [0.3, 0.4) is 0 Å². The second kappa shape index (κ2) is 7.14. The van der Waals surface area contributed by atoms with Crippen LogP contribution in [0.2, 0.25) is 0 Å². The van der Waals surface area contributed by atoms with E-state index in [0.29, 0.717) is 0 Å². The fourth-order valence-corrected chi connectivity index (χ4v) is 0.732. The van der Waals surface area contributed by atoms with E-state index >= 15 is 0 Å². The molecule has 0 bridgehead atoms. The average Bonchev–Trinajstić information content (AvgIpc) is 2.15. The Hall–Kier alpha value is -2.30. The lowest BCUT2D eigenvalue weighted by atomic mass is 10.2. The van der Waals surface area contributed by atoms with Crippen molar-refractivity contribution in [3.63, 3.8) is 0 Å². The first-order chi connectivity index (χ1) is 7.02. The van der Waals surface area contributed by atoms with Gasteiger partial charge in [-0.1, -0.05) is 30.3 Å². The minimum Gasteiger partial charge on any atom is -0.478 e. The normalized spacial score (nSPS) is 9.07. The number of hydrogen-bond acceptors (Lipinski definition) is 2. The maximum atomic E-state index is 10.1. The largest absolute Gasteiger partial charge is 0.478 e. The van der Waals surface area contributed by atoms with Crippen LogP contribution >= 0.6 is 0 Å². The van der Waals surface area contributed by atoms with Crippen LogP contribution < -0.4 is 11.5 Å². The van der Waals surface area contributed by atoms with Gasteiger partial charge < -0.3 is 16.6 Å². The number of nitrogens with one attached hydrogen (secondary N) is 1. The number of guanidine groups is 1. The van der Waals surface area contributed by atoms with Crippen LogP contribution in [0.5, 0.6) is 0 Å². The standard InChI is InChI=1S/C9H8O2.CH5N3/c10-9(11)7-6-8-4-2-1-3-5-8;2-1(3)4/h1-7H,(H,10,11);(H5,2,3,4). The lowest BCUT2D eigenvalue weighted by Crippen LogP contribution is -2.20. The number of hydrogen-bond donors (Lipinski definition) is 4. The number of carboxylic acid groups (broad SMARTS) is 1. The van der Waals surface area contributed by atoms with E-state index in [1.807, 2.05) is 30.3 Å². The van der Waals surface area contributed by atoms with Crippen molar-refractivity contribution in [3.05, 3.63) is 42.0 Å². The molecule has 0 saturated heterocycles. The first kappa shape index (κ1) is 12.7. The van der Waals surface area contributed by atoms with E-state index in [2.05, 4.69) is 11.5 Å². The molecular weight excluding hydrogens is 194 g/mol. The molecule has 1 aromatic rings. The van der Waals surface area contributed by atoms with Crippen LogP contribution in [0, 0.1) is 5.41 Å². The number of benzene rings is 1. The highest BCUT2D eigenvalue weighted by Gasteiger charge is 1.85. The van der Waals surface area contributed by atoms with Gasteiger partial charge in [-0.15, -0.1) is 0 Å². The molecule has 0 aliphatic carbocycles. The number of aliphatic carboxylic acids is 1. The van der Waals surface area contributed by atoms with E-state index in [0.717, 1.165) is 11.6 Å². The van der Waals surface area contributed by atoms with E-state index < -0.39 is 5.97 Å². The SMILES string of the molecule is N=C(N)N.O=C(O)C=Cc1ccccc1. The number of carboxylic acids is 1. The first-order valence-electron chi connectivity index (χ1n) is 4.08. The molecule has 5 heteroatoms. The molecule has 80 valence electrons. The van der Waals surface area contributed by atoms with E-state index in [1.54, 1.807) is 6.08 Å². The molecule has 15 heavy (non-hydrogen) atoms. The highest BCUT2D eigenvalue weighted by atomic mass is 16.4. The molecule has 1 rings (SSSR count). The van der Waals surface area contributed by atoms with Gasteiger partial charge in [0.1, 0.15) is 0 Å². The van der Waals surface area contributed by atoms with Gasteiger partial charge in [0.05, 0.1) is 0 Å². The fourth-order valence-electron chi connectivity index (χ4n) is 0.732. The van der Waals surface area contributed by atoms with Crippen LogP contribution in [0.4, 0.5) is 0 Å². The van der Waals surface area contributed by atoms with Crippen molar-refractivity contribution in [2.75, 3.05) is 0 Å². The van der Waals surface area contributed by atoms with E-state index in [4.69, 9.17) is 10.5 Å². The molecule has 0 aliphatic heterocycles. The first-order valence-corrected chi connectivity index (χ1v) is 4.08. The maximum Gasteiger partial charge on any atom is 0.328 e. The van der Waals surface area contributed by atoms with Crippen molar-refractivity contribution in [2.45, 2.75) is 0 Å². The second-order valence-corrected chi connectivity index (χ2v) is 2.54. The predicted octanol–water partition coefficient (Wildman–Crippen LogP) is 0.623. The third-order valence-electron chi connectivity index (χ3n) is 1.22. The molecule has 6 N–H and O–H groups in total. The predicted molar refractivity (Wildman–Crippen MR) is 59.2 cm³/mol. The molecule has 0 unspecified atom stereocenters. The van der Waals surface area contributed by atoms with Gasteiger partial charge in [-0.05, 0) is 11.6 Å².